The Morgan fingerprint density at radius 2 is 1.16 bits per heavy atom. The van der Waals surface area contributed by atoms with Crippen LogP contribution in [0.3, 0.4) is 0 Å². The van der Waals surface area contributed by atoms with Crippen molar-refractivity contribution in [2.45, 2.75) is 32.1 Å². The lowest BCUT2D eigenvalue weighted by Crippen LogP contribution is -2.14. The number of hydrogen-bond acceptors (Lipinski definition) is 1. The lowest BCUT2D eigenvalue weighted by Gasteiger charge is -2.29. The van der Waals surface area contributed by atoms with Crippen LogP contribution in [0, 0.1) is 0 Å². The minimum Gasteiger partial charge on any atom is -0.310 e. The van der Waals surface area contributed by atoms with Gasteiger partial charge in [-0.3, -0.25) is 0 Å². The highest BCUT2D eigenvalue weighted by atomic mass is 15.1. The van der Waals surface area contributed by atoms with Crippen LogP contribution < -0.4 is 4.90 Å². The largest absolute Gasteiger partial charge is 0.310 e. The van der Waals surface area contributed by atoms with Crippen molar-refractivity contribution in [3.63, 3.8) is 0 Å². The number of nitrogens with zero attached hydrogens (tertiary/aromatic N) is 2. The molecule has 0 radical (unpaired) electrons. The van der Waals surface area contributed by atoms with Gasteiger partial charge in [0.1, 0.15) is 0 Å². The van der Waals surface area contributed by atoms with E-state index in [1.807, 2.05) is 0 Å². The quantitative estimate of drug-likeness (QED) is 0.156. The predicted molar refractivity (Wildman–Crippen MR) is 267 cm³/mol. The molecule has 0 atom stereocenters. The first-order chi connectivity index (χ1) is 31.0. The van der Waals surface area contributed by atoms with E-state index in [0.717, 1.165) is 29.9 Å². The summed E-state index contributed by atoms with van der Waals surface area (Å²) >= 11 is 0. The second-order valence-electron chi connectivity index (χ2n) is 17.6. The third-order valence-corrected chi connectivity index (χ3v) is 13.7. The second kappa shape index (κ2) is 14.8. The molecule has 2 nitrogen and oxygen atoms in total. The highest BCUT2D eigenvalue weighted by molar-refractivity contribution is 6.01. The molecule has 300 valence electrons. The first-order valence-corrected chi connectivity index (χ1v) is 22.2. The lowest BCUT2D eigenvalue weighted by molar-refractivity contribution is 0.660. The molecule has 0 aliphatic heterocycles. The predicted octanol–water partition coefficient (Wildman–Crippen LogP) is 16.5. The first kappa shape index (κ1) is 37.1. The van der Waals surface area contributed by atoms with E-state index >= 15 is 0 Å². The molecule has 63 heavy (non-hydrogen) atoms. The Balaban J connectivity index is 1.02. The Morgan fingerprint density at radius 3 is 2.05 bits per heavy atom. The molecule has 12 rings (SSSR count). The maximum absolute atomic E-state index is 2.46. The number of allylic oxidation sites excluding steroid dienone is 1. The van der Waals surface area contributed by atoms with Crippen molar-refractivity contribution in [2.75, 3.05) is 4.90 Å². The molecule has 2 aliphatic carbocycles. The maximum Gasteiger partial charge on any atom is 0.0540 e. The molecule has 0 saturated heterocycles. The van der Waals surface area contributed by atoms with E-state index in [9.17, 15) is 0 Å². The Bertz CT molecular complexity index is 3410. The third kappa shape index (κ3) is 6.01. The number of hydrogen-bond donors (Lipinski definition) is 0. The summed E-state index contributed by atoms with van der Waals surface area (Å²) in [6.07, 6.45) is 6.73. The van der Waals surface area contributed by atoms with E-state index in [0.29, 0.717) is 0 Å². The fourth-order valence-electron chi connectivity index (χ4n) is 10.7. The first-order valence-electron chi connectivity index (χ1n) is 22.2. The Morgan fingerprint density at radius 1 is 0.476 bits per heavy atom. The summed E-state index contributed by atoms with van der Waals surface area (Å²) in [7, 11) is 0. The number of aryl methyl sites for hydroxylation is 1. The Hall–Kier alpha value is -7.68. The van der Waals surface area contributed by atoms with Gasteiger partial charge in [0.15, 0.2) is 0 Å². The van der Waals surface area contributed by atoms with Crippen LogP contribution in [0.25, 0.3) is 77.9 Å². The SMILES string of the molecule is CC1(C)c2ccccc2-c2c(-c3ccccc3N(c3ccc(-c4ccc5c(c4)c4c(n5-c5ccccc5)C=CCC4)cc3)c3cccc(-c4cccc5ccccc45)c3)cccc21. The number of aromatic nitrogens is 1. The number of benzene rings is 9. The molecule has 2 heteroatoms. The van der Waals surface area contributed by atoms with Gasteiger partial charge in [0, 0.05) is 39.1 Å². The summed E-state index contributed by atoms with van der Waals surface area (Å²) in [5.41, 5.74) is 21.1. The summed E-state index contributed by atoms with van der Waals surface area (Å²) in [6.45, 7) is 4.73. The van der Waals surface area contributed by atoms with Crippen LogP contribution in [0.15, 0.2) is 212 Å². The lowest BCUT2D eigenvalue weighted by atomic mass is 9.82. The van der Waals surface area contributed by atoms with Crippen LogP contribution in [0.1, 0.15) is 42.7 Å². The van der Waals surface area contributed by atoms with E-state index in [-0.39, 0.29) is 5.41 Å². The number of rotatable bonds is 7. The third-order valence-electron chi connectivity index (χ3n) is 13.7. The average molecular weight is 807 g/mol. The van der Waals surface area contributed by atoms with Gasteiger partial charge >= 0.3 is 0 Å². The van der Waals surface area contributed by atoms with Gasteiger partial charge in [0.25, 0.3) is 0 Å². The molecule has 0 bridgehead atoms. The standard InChI is InChI=1S/C61H46N2/c1-61(2)55-29-11-8-26-53(55)60-52(28-16-30-56(60)61)50-24-9-12-31-57(50)62(47-22-14-19-44(39-47)49-27-15-18-42-17-6-7-23-48(42)49)46-36-33-41(34-37-46)43-35-38-59-54(40-43)51-25-10-13-32-58(51)63(59)45-20-4-3-5-21-45/h3-9,11-24,26-40H,10,25H2,1-2H3. The van der Waals surface area contributed by atoms with E-state index in [4.69, 9.17) is 0 Å². The number of anilines is 3. The van der Waals surface area contributed by atoms with Crippen molar-refractivity contribution in [3.05, 3.63) is 235 Å². The van der Waals surface area contributed by atoms with Crippen LogP contribution >= 0.6 is 0 Å². The molecule has 0 spiro atoms. The zero-order chi connectivity index (χ0) is 42.1. The zero-order valence-electron chi connectivity index (χ0n) is 35.6. The van der Waals surface area contributed by atoms with E-state index in [1.54, 1.807) is 0 Å². The van der Waals surface area contributed by atoms with Crippen LogP contribution in [0.5, 0.6) is 0 Å². The zero-order valence-corrected chi connectivity index (χ0v) is 35.6. The van der Waals surface area contributed by atoms with Crippen LogP contribution in [-0.4, -0.2) is 4.57 Å². The number of fused-ring (bicyclic) bond motifs is 7. The van der Waals surface area contributed by atoms with Crippen molar-refractivity contribution >= 4 is 44.8 Å². The molecule has 1 aromatic heterocycles. The van der Waals surface area contributed by atoms with Gasteiger partial charge < -0.3 is 9.47 Å². The van der Waals surface area contributed by atoms with Crippen molar-refractivity contribution < 1.29 is 0 Å². The summed E-state index contributed by atoms with van der Waals surface area (Å²) in [4.78, 5) is 2.46. The molecular weight excluding hydrogens is 761 g/mol. The molecule has 0 saturated carbocycles. The topological polar surface area (TPSA) is 8.17 Å². The van der Waals surface area contributed by atoms with E-state index in [2.05, 4.69) is 242 Å². The highest BCUT2D eigenvalue weighted by Crippen LogP contribution is 2.54. The molecule has 1 heterocycles. The van der Waals surface area contributed by atoms with Crippen molar-refractivity contribution in [3.8, 4) is 50.2 Å². The van der Waals surface area contributed by atoms with Crippen LogP contribution in [0.2, 0.25) is 0 Å². The fourth-order valence-corrected chi connectivity index (χ4v) is 10.7. The van der Waals surface area contributed by atoms with Crippen molar-refractivity contribution in [1.82, 2.24) is 4.57 Å². The van der Waals surface area contributed by atoms with Gasteiger partial charge in [-0.2, -0.15) is 0 Å². The van der Waals surface area contributed by atoms with E-state index in [1.165, 1.54) is 94.3 Å². The number of para-hydroxylation sites is 2. The van der Waals surface area contributed by atoms with Gasteiger partial charge in [-0.25, -0.2) is 0 Å². The summed E-state index contributed by atoms with van der Waals surface area (Å²) in [5.74, 6) is 0. The summed E-state index contributed by atoms with van der Waals surface area (Å²) in [5, 5.41) is 3.83. The molecule has 0 N–H and O–H groups in total. The van der Waals surface area contributed by atoms with Crippen molar-refractivity contribution in [1.29, 1.82) is 0 Å². The smallest absolute Gasteiger partial charge is 0.0540 e. The van der Waals surface area contributed by atoms with Gasteiger partial charge in [-0.15, -0.1) is 0 Å². The molecule has 0 amide bonds. The second-order valence-corrected chi connectivity index (χ2v) is 17.6. The van der Waals surface area contributed by atoms with Crippen LogP contribution in [-0.2, 0) is 11.8 Å². The van der Waals surface area contributed by atoms with Gasteiger partial charge in [-0.05, 0) is 140 Å². The highest BCUT2D eigenvalue weighted by Gasteiger charge is 2.37. The average Bonchev–Trinajstić information content (AvgIpc) is 3.80. The van der Waals surface area contributed by atoms with Gasteiger partial charge in [-0.1, -0.05) is 172 Å². The summed E-state index contributed by atoms with van der Waals surface area (Å²) < 4.78 is 2.43. The molecule has 2 aliphatic rings. The minimum atomic E-state index is -0.0949. The normalized spacial score (nSPS) is 13.5. The maximum atomic E-state index is 2.46. The molecular formula is C61H46N2. The van der Waals surface area contributed by atoms with Crippen LogP contribution in [0.4, 0.5) is 17.1 Å². The monoisotopic (exact) mass is 806 g/mol. The Labute approximate surface area is 369 Å². The van der Waals surface area contributed by atoms with Gasteiger partial charge in [0.05, 0.1) is 11.2 Å². The summed E-state index contributed by atoms with van der Waals surface area (Å²) in [6, 6.07) is 76.3. The van der Waals surface area contributed by atoms with Gasteiger partial charge in [0.2, 0.25) is 0 Å². The molecule has 0 fully saturated rings. The molecule has 10 aromatic rings. The van der Waals surface area contributed by atoms with E-state index < -0.39 is 0 Å². The van der Waals surface area contributed by atoms with Crippen molar-refractivity contribution in [2.24, 2.45) is 0 Å². The molecule has 9 aromatic carbocycles. The fraction of sp³-hybridized carbons (Fsp3) is 0.0820. The molecule has 0 unspecified atom stereocenters. The Kier molecular flexibility index (Phi) is 8.69. The minimum absolute atomic E-state index is 0.0949.